The summed E-state index contributed by atoms with van der Waals surface area (Å²) in [6, 6.07) is 71.8. The summed E-state index contributed by atoms with van der Waals surface area (Å²) in [6.07, 6.45) is 13.0. The van der Waals surface area contributed by atoms with Gasteiger partial charge >= 0.3 is 0 Å². The second-order valence-corrected chi connectivity index (χ2v) is 33.9. The van der Waals surface area contributed by atoms with E-state index in [0.29, 0.717) is 0 Å². The normalized spacial score (nSPS) is 13.0. The number of fused-ring (bicyclic) bond motifs is 6. The van der Waals surface area contributed by atoms with Crippen molar-refractivity contribution >= 4 is 89.5 Å². The molecule has 14 rings (SSSR count). The molecule has 12 aromatic rings. The Kier molecular flexibility index (Phi) is 18.2. The standard InChI is InChI=1S/2C23H22NSSi.2C11H8N.2Ir/c1-26(2,3)21-9-5-8-20-22(21)18-7-4-6-17(23(18)25-20)19-13-12-16(14-24-19)15-10-11-15;1-26(2,3)21-13-11-17(19-12-10-16(14-24-19)15-8-9-15)23-22(21)18-6-4-5-7-20(18)25-23;2*1-2-6-10(7-3-1)11-8-4-5-9-12-11;;/h4-5,7-9,12-15H,10-11H2,1-3H3;4-7,10,12-15H,8-9H2,1-3H3;2*1-6,8-9H;;/q4*-1;;. The molecule has 6 aromatic carbocycles. The third-order valence-corrected chi connectivity index (χ3v) is 20.4. The van der Waals surface area contributed by atoms with Crippen molar-refractivity contribution in [3.63, 3.8) is 0 Å². The molecular weight excluding hydrogens is 1380 g/mol. The molecule has 6 heterocycles. The first-order valence-electron chi connectivity index (χ1n) is 26.4. The first-order chi connectivity index (χ1) is 37.0. The van der Waals surface area contributed by atoms with Gasteiger partial charge in [0.2, 0.25) is 0 Å². The predicted molar refractivity (Wildman–Crippen MR) is 330 cm³/mol. The van der Waals surface area contributed by atoms with E-state index in [0.717, 1.165) is 56.9 Å². The van der Waals surface area contributed by atoms with Crippen molar-refractivity contribution in [1.29, 1.82) is 0 Å². The Hall–Kier alpha value is -5.91. The van der Waals surface area contributed by atoms with Crippen LogP contribution < -0.4 is 10.4 Å². The first-order valence-corrected chi connectivity index (χ1v) is 35.0. The van der Waals surface area contributed by atoms with Gasteiger partial charge in [0.1, 0.15) is 0 Å². The molecule has 0 aliphatic heterocycles. The Morgan fingerprint density at radius 1 is 0.410 bits per heavy atom. The molecule has 0 amide bonds. The maximum Gasteiger partial charge on any atom is 0.0783 e. The van der Waals surface area contributed by atoms with Gasteiger partial charge in [-0.05, 0) is 116 Å². The van der Waals surface area contributed by atoms with Crippen molar-refractivity contribution in [2.75, 3.05) is 0 Å². The van der Waals surface area contributed by atoms with Crippen molar-refractivity contribution in [3.05, 3.63) is 230 Å². The molecule has 0 unspecified atom stereocenters. The van der Waals surface area contributed by atoms with E-state index in [1.165, 1.54) is 82.3 Å². The molecule has 2 aliphatic carbocycles. The summed E-state index contributed by atoms with van der Waals surface area (Å²) in [5, 5.41) is 8.70. The minimum Gasteiger partial charge on any atom is -0.305 e. The smallest absolute Gasteiger partial charge is 0.0783 e. The molecular formula is C68H60Ir2N4S2Si2-4. The number of benzene rings is 6. The van der Waals surface area contributed by atoms with Crippen LogP contribution in [-0.4, -0.2) is 36.1 Å². The van der Waals surface area contributed by atoms with Crippen molar-refractivity contribution < 1.29 is 40.2 Å². The van der Waals surface area contributed by atoms with Crippen LogP contribution in [0.15, 0.2) is 195 Å². The van der Waals surface area contributed by atoms with Gasteiger partial charge in [0.25, 0.3) is 0 Å². The molecule has 78 heavy (non-hydrogen) atoms. The fourth-order valence-corrected chi connectivity index (χ4v) is 15.5. The van der Waals surface area contributed by atoms with Crippen LogP contribution >= 0.6 is 22.7 Å². The maximum absolute atomic E-state index is 4.81. The number of aromatic nitrogens is 4. The van der Waals surface area contributed by atoms with Gasteiger partial charge < -0.3 is 19.9 Å². The summed E-state index contributed by atoms with van der Waals surface area (Å²) >= 11 is 3.77. The molecule has 2 radical (unpaired) electrons. The van der Waals surface area contributed by atoms with E-state index < -0.39 is 16.1 Å². The van der Waals surface area contributed by atoms with Gasteiger partial charge in [0.15, 0.2) is 0 Å². The van der Waals surface area contributed by atoms with E-state index in [4.69, 9.17) is 9.97 Å². The van der Waals surface area contributed by atoms with Crippen LogP contribution in [0.2, 0.25) is 39.3 Å². The summed E-state index contributed by atoms with van der Waals surface area (Å²) in [5.74, 6) is 1.50. The Labute approximate surface area is 497 Å². The number of pyridine rings is 4. The Morgan fingerprint density at radius 2 is 0.936 bits per heavy atom. The van der Waals surface area contributed by atoms with Crippen LogP contribution in [0.1, 0.15) is 48.6 Å². The van der Waals surface area contributed by atoms with Gasteiger partial charge in [-0.25, -0.2) is 0 Å². The topological polar surface area (TPSA) is 51.6 Å². The van der Waals surface area contributed by atoms with Crippen LogP contribution in [-0.2, 0) is 40.2 Å². The Bertz CT molecular complexity index is 3740. The van der Waals surface area contributed by atoms with E-state index in [1.807, 2.05) is 108 Å². The fourth-order valence-electron chi connectivity index (χ4n) is 9.73. The maximum atomic E-state index is 4.81. The van der Waals surface area contributed by atoms with Crippen LogP contribution in [0.3, 0.4) is 0 Å². The molecule has 0 spiro atoms. The molecule has 0 saturated heterocycles. The first kappa shape index (κ1) is 56.8. The van der Waals surface area contributed by atoms with E-state index in [9.17, 15) is 0 Å². The Balaban J connectivity index is 0.000000133. The third-order valence-electron chi connectivity index (χ3n) is 14.0. The second kappa shape index (κ2) is 25.0. The van der Waals surface area contributed by atoms with Crippen LogP contribution in [0, 0.1) is 24.3 Å². The third kappa shape index (κ3) is 13.1. The predicted octanol–water partition coefficient (Wildman–Crippen LogP) is 17.8. The van der Waals surface area contributed by atoms with Gasteiger partial charge in [-0.3, -0.25) is 0 Å². The molecule has 2 fully saturated rings. The molecule has 2 aliphatic rings. The molecule has 6 aromatic heterocycles. The van der Waals surface area contributed by atoms with Gasteiger partial charge in [-0.2, -0.15) is 22.7 Å². The number of hydrogen-bond donors (Lipinski definition) is 0. The van der Waals surface area contributed by atoms with E-state index in [-0.39, 0.29) is 40.2 Å². The summed E-state index contributed by atoms with van der Waals surface area (Å²) in [7, 11) is -2.87. The molecule has 0 bridgehead atoms. The largest absolute Gasteiger partial charge is 0.305 e. The van der Waals surface area contributed by atoms with Crippen molar-refractivity contribution in [1.82, 2.24) is 19.9 Å². The summed E-state index contributed by atoms with van der Waals surface area (Å²) in [6.45, 7) is 14.6. The number of nitrogens with zero attached hydrogens (tertiary/aromatic N) is 4. The molecule has 394 valence electrons. The summed E-state index contributed by atoms with van der Waals surface area (Å²) < 4.78 is 5.41. The SMILES string of the molecule is C[Si](C)(C)c1c[c-]c(-c2ccc(C3CC3)cn2)c2sc3ccccc3c12.C[Si](C)(C)c1cccc2sc3c(-c4ccc(C5CC5)cn4)[c-]ccc3c12.[Ir].[Ir].[c-]1ccccc1-c1ccccn1.[c-]1ccccc1-c1ccccn1. The van der Waals surface area contributed by atoms with Gasteiger partial charge in [0.05, 0.1) is 8.07 Å². The molecule has 4 nitrogen and oxygen atoms in total. The minimum atomic E-state index is -1.46. The Morgan fingerprint density at radius 3 is 1.44 bits per heavy atom. The number of rotatable bonds is 8. The average Bonchev–Trinajstić information content (AvgIpc) is 4.56. The monoisotopic (exact) mass is 1440 g/mol. The molecule has 0 atom stereocenters. The minimum absolute atomic E-state index is 0. The van der Waals surface area contributed by atoms with Crippen molar-refractivity contribution in [2.45, 2.75) is 76.8 Å². The summed E-state index contributed by atoms with van der Waals surface area (Å²) in [4.78, 5) is 18.0. The number of hydrogen-bond acceptors (Lipinski definition) is 6. The van der Waals surface area contributed by atoms with E-state index in [2.05, 4.69) is 171 Å². The van der Waals surface area contributed by atoms with Crippen LogP contribution in [0.4, 0.5) is 0 Å². The second-order valence-electron chi connectivity index (χ2n) is 21.7. The fraction of sp³-hybridized carbons (Fsp3) is 0.176. The van der Waals surface area contributed by atoms with Gasteiger partial charge in [-0.15, -0.1) is 118 Å². The zero-order valence-electron chi connectivity index (χ0n) is 44.7. The van der Waals surface area contributed by atoms with E-state index >= 15 is 0 Å². The van der Waals surface area contributed by atoms with Crippen LogP contribution in [0.5, 0.6) is 0 Å². The average molecular weight is 1440 g/mol. The summed E-state index contributed by atoms with van der Waals surface area (Å²) in [5.41, 5.74) is 11.2. The zero-order valence-corrected chi connectivity index (χ0v) is 53.2. The van der Waals surface area contributed by atoms with Crippen molar-refractivity contribution in [3.8, 4) is 45.0 Å². The quantitative estimate of drug-likeness (QED) is 0.112. The molecule has 10 heteroatoms. The molecule has 0 N–H and O–H groups in total. The van der Waals surface area contributed by atoms with Gasteiger partial charge in [-0.1, -0.05) is 134 Å². The molecule has 2 saturated carbocycles. The number of thiophene rings is 2. The zero-order chi connectivity index (χ0) is 52.2. The van der Waals surface area contributed by atoms with Gasteiger partial charge in [0, 0.05) is 82.5 Å². The van der Waals surface area contributed by atoms with E-state index in [1.54, 1.807) is 17.6 Å². The van der Waals surface area contributed by atoms with Crippen LogP contribution in [0.25, 0.3) is 85.4 Å². The van der Waals surface area contributed by atoms with Crippen molar-refractivity contribution in [2.24, 2.45) is 0 Å².